The van der Waals surface area contributed by atoms with Crippen LogP contribution in [0.25, 0.3) is 10.8 Å². The van der Waals surface area contributed by atoms with Crippen molar-refractivity contribution in [3.63, 3.8) is 0 Å². The first-order valence-corrected chi connectivity index (χ1v) is 20.1. The van der Waals surface area contributed by atoms with Gasteiger partial charge in [-0.25, -0.2) is 0 Å². The number of carbonyl (C=O) groups is 3. The summed E-state index contributed by atoms with van der Waals surface area (Å²) in [5.41, 5.74) is 0.226. The van der Waals surface area contributed by atoms with Crippen molar-refractivity contribution < 1.29 is 58.9 Å². The molecule has 0 saturated carbocycles. The zero-order chi connectivity index (χ0) is 43.0. The summed E-state index contributed by atoms with van der Waals surface area (Å²) in [5.74, 6) is -7.80. The lowest BCUT2D eigenvalue weighted by Crippen LogP contribution is -2.46. The van der Waals surface area contributed by atoms with Crippen molar-refractivity contribution >= 4 is 34.1 Å². The van der Waals surface area contributed by atoms with E-state index in [1.807, 2.05) is 0 Å². The second-order valence-electron chi connectivity index (χ2n) is 16.5. The van der Waals surface area contributed by atoms with Gasteiger partial charge in [0.15, 0.2) is 5.75 Å². The molecule has 0 aliphatic carbocycles. The Balaban J connectivity index is 1.71. The monoisotopic (exact) mass is 808 g/mol. The van der Waals surface area contributed by atoms with Crippen molar-refractivity contribution in [2.24, 2.45) is 23.7 Å². The number of aliphatic hydroxyl groups excluding tert-OH is 2. The number of Topliss-reactive ketones (excluding diaryl/α,β-unsaturated/α-hetero) is 1. The second-order valence-corrected chi connectivity index (χ2v) is 16.5. The topological polar surface area (TPSA) is 205 Å². The highest BCUT2D eigenvalue weighted by Crippen LogP contribution is 2.55. The predicted octanol–water partition coefficient (Wildman–Crippen LogP) is 6.13. The molecule has 1 fully saturated rings. The minimum Gasteiger partial charge on any atom is -0.507 e. The Bertz CT molecular complexity index is 2010. The lowest BCUT2D eigenvalue weighted by atomic mass is 9.78. The van der Waals surface area contributed by atoms with Gasteiger partial charge in [0.2, 0.25) is 0 Å². The van der Waals surface area contributed by atoms with Gasteiger partial charge in [-0.2, -0.15) is 0 Å². The first-order chi connectivity index (χ1) is 27.2. The number of methoxy groups -OCH3 is 1. The van der Waals surface area contributed by atoms with Gasteiger partial charge in [0.25, 0.3) is 11.7 Å². The van der Waals surface area contributed by atoms with E-state index in [9.17, 15) is 39.9 Å². The van der Waals surface area contributed by atoms with E-state index in [0.717, 1.165) is 19.3 Å². The molecule has 4 aliphatic heterocycles. The van der Waals surface area contributed by atoms with E-state index in [4.69, 9.17) is 18.9 Å². The molecule has 58 heavy (non-hydrogen) atoms. The SMILES string of the molecule is CO[C@H]1/C=C/O[C@@]2(C)Oc3c(C)c(O)c4c(O)c(c(CN5CCCCC5C)c(O)c4c3C2=O)NC(=O)/C(C)=C\C=C\[C@H](C)[C@H](O)[C@@H](C)[C@@H](O)[C@H](C)[C@H](OC(C)=O)[C@H]1C. The molecule has 4 heterocycles. The van der Waals surface area contributed by atoms with Crippen molar-refractivity contribution in [2.75, 3.05) is 19.0 Å². The summed E-state index contributed by atoms with van der Waals surface area (Å²) in [5, 5.41) is 61.1. The third-order valence-electron chi connectivity index (χ3n) is 12.4. The normalized spacial score (nSPS) is 33.5. The number of nitrogens with one attached hydrogen (secondary N) is 1. The molecular formula is C44H60N2O12. The van der Waals surface area contributed by atoms with Crippen molar-refractivity contribution in [1.29, 1.82) is 0 Å². The van der Waals surface area contributed by atoms with Crippen LogP contribution in [0.5, 0.6) is 23.0 Å². The molecule has 1 saturated heterocycles. The Morgan fingerprint density at radius 2 is 1.64 bits per heavy atom. The van der Waals surface area contributed by atoms with E-state index in [2.05, 4.69) is 17.1 Å². The number of likely N-dealkylation sites (tertiary alicyclic amines) is 1. The number of carbonyl (C=O) groups excluding carboxylic acids is 3. The zero-order valence-corrected chi connectivity index (χ0v) is 35.2. The molecule has 0 spiro atoms. The quantitative estimate of drug-likeness (QED) is 0.117. The number of anilines is 1. The van der Waals surface area contributed by atoms with Gasteiger partial charge >= 0.3 is 11.8 Å². The Morgan fingerprint density at radius 3 is 2.28 bits per heavy atom. The van der Waals surface area contributed by atoms with Crippen LogP contribution >= 0.6 is 0 Å². The van der Waals surface area contributed by atoms with Gasteiger partial charge in [-0.1, -0.05) is 52.3 Å². The average Bonchev–Trinajstić information content (AvgIpc) is 3.45. The summed E-state index contributed by atoms with van der Waals surface area (Å²) in [7, 11) is 1.45. The standard InChI is InChI=1S/C44H60N2O12/c1-21-14-13-15-22(2)43(54)45-34-29(20-46-18-12-11-16-23(46)3)38(51)31-32(39(34)52)37(50)27(7)41-33(31)42(53)44(9,58-41)56-19-17-30(55-10)24(4)40(57-28(8)47)26(6)36(49)25(5)35(21)48/h13-15,17,19,21,23-26,30,35-36,40,48-52H,11-12,16,18,20H2,1-10H3,(H,45,54)/b14-13+,19-17+,22-15-/t21-,23?,24-,25+,26-,30-,35-,36+,40+,44-/m0/s1. The minimum atomic E-state index is -2.01. The summed E-state index contributed by atoms with van der Waals surface area (Å²) >= 11 is 0. The number of hydrogen-bond donors (Lipinski definition) is 6. The number of phenols is 3. The van der Waals surface area contributed by atoms with Crippen LogP contribution in [0.15, 0.2) is 36.1 Å². The van der Waals surface area contributed by atoms with Crippen LogP contribution in [0.3, 0.4) is 0 Å². The molecule has 0 aromatic heterocycles. The molecule has 6 rings (SSSR count). The van der Waals surface area contributed by atoms with Crippen LogP contribution in [0, 0.1) is 30.6 Å². The molecule has 6 N–H and O–H groups in total. The third-order valence-corrected chi connectivity index (χ3v) is 12.4. The van der Waals surface area contributed by atoms with Crippen LogP contribution in [0.4, 0.5) is 5.69 Å². The molecule has 1 amide bonds. The van der Waals surface area contributed by atoms with Crippen LogP contribution in [-0.2, 0) is 30.3 Å². The van der Waals surface area contributed by atoms with Crippen molar-refractivity contribution in [2.45, 2.75) is 124 Å². The largest absolute Gasteiger partial charge is 0.507 e. The number of rotatable bonds is 4. The minimum absolute atomic E-state index is 0.0503. The van der Waals surface area contributed by atoms with Gasteiger partial charge in [-0.3, -0.25) is 19.3 Å². The van der Waals surface area contributed by atoms with E-state index >= 15 is 0 Å². The number of esters is 1. The summed E-state index contributed by atoms with van der Waals surface area (Å²) in [4.78, 5) is 42.7. The Hall–Kier alpha value is -4.63. The number of benzene rings is 2. The average molecular weight is 809 g/mol. The van der Waals surface area contributed by atoms with Gasteiger partial charge in [-0.15, -0.1) is 0 Å². The van der Waals surface area contributed by atoms with Crippen molar-refractivity contribution in [3.8, 4) is 23.0 Å². The fraction of sp³-hybridized carbons (Fsp3) is 0.568. The molecule has 4 aliphatic rings. The zero-order valence-electron chi connectivity index (χ0n) is 35.2. The van der Waals surface area contributed by atoms with Crippen molar-refractivity contribution in [3.05, 3.63) is 52.8 Å². The summed E-state index contributed by atoms with van der Waals surface area (Å²) in [6.07, 6.45) is 6.59. The van der Waals surface area contributed by atoms with Gasteiger partial charge < -0.3 is 49.8 Å². The number of fused-ring (bicyclic) bond motifs is 14. The first kappa shape index (κ1) is 44.5. The lowest BCUT2D eigenvalue weighted by Gasteiger charge is -2.38. The Kier molecular flexibility index (Phi) is 13.6. The van der Waals surface area contributed by atoms with Crippen LogP contribution in [-0.4, -0.2) is 98.0 Å². The highest BCUT2D eigenvalue weighted by molar-refractivity contribution is 6.22. The Morgan fingerprint density at radius 1 is 0.948 bits per heavy atom. The van der Waals surface area contributed by atoms with Gasteiger partial charge in [0, 0.05) is 79.3 Å². The molecule has 0 radical (unpaired) electrons. The lowest BCUT2D eigenvalue weighted by molar-refractivity contribution is -0.160. The van der Waals surface area contributed by atoms with Crippen LogP contribution in [0.1, 0.15) is 96.1 Å². The molecule has 2 aromatic rings. The van der Waals surface area contributed by atoms with E-state index in [0.29, 0.717) is 6.54 Å². The van der Waals surface area contributed by atoms with E-state index < -0.39 is 88.8 Å². The summed E-state index contributed by atoms with van der Waals surface area (Å²) in [6, 6.07) is 0.111. The highest BCUT2D eigenvalue weighted by Gasteiger charge is 2.50. The number of aliphatic hydroxyl groups is 2. The maximum atomic E-state index is 14.5. The number of phenolic OH excluding ortho intramolecular Hbond substituents is 3. The fourth-order valence-electron chi connectivity index (χ4n) is 8.54. The Labute approximate surface area is 340 Å². The fourth-order valence-corrected chi connectivity index (χ4v) is 8.54. The van der Waals surface area contributed by atoms with Crippen molar-refractivity contribution in [1.82, 2.24) is 4.90 Å². The molecule has 318 valence electrons. The molecule has 2 aromatic carbocycles. The summed E-state index contributed by atoms with van der Waals surface area (Å²) in [6.45, 7) is 15.5. The predicted molar refractivity (Wildman–Crippen MR) is 218 cm³/mol. The number of aromatic hydroxyl groups is 3. The first-order valence-electron chi connectivity index (χ1n) is 20.1. The molecule has 1 unspecified atom stereocenters. The van der Waals surface area contributed by atoms with E-state index in [-0.39, 0.29) is 57.1 Å². The van der Waals surface area contributed by atoms with Gasteiger partial charge in [-0.05, 0) is 46.2 Å². The third kappa shape index (κ3) is 8.43. The van der Waals surface area contributed by atoms with E-state index in [1.165, 1.54) is 46.3 Å². The molecular weight excluding hydrogens is 748 g/mol. The molecule has 5 bridgehead atoms. The number of amides is 1. The number of hydrogen-bond acceptors (Lipinski definition) is 13. The highest BCUT2D eigenvalue weighted by atomic mass is 16.7. The maximum Gasteiger partial charge on any atom is 0.312 e. The number of nitrogens with zero attached hydrogens (tertiary/aromatic N) is 1. The smallest absolute Gasteiger partial charge is 0.312 e. The summed E-state index contributed by atoms with van der Waals surface area (Å²) < 4.78 is 23.7. The molecule has 14 nitrogen and oxygen atoms in total. The maximum absolute atomic E-state index is 14.5. The number of ketones is 1. The van der Waals surface area contributed by atoms with Crippen LogP contribution in [0.2, 0.25) is 0 Å². The number of allylic oxidation sites excluding steroid dienone is 2. The van der Waals surface area contributed by atoms with E-state index in [1.54, 1.807) is 46.8 Å². The number of piperidine rings is 1. The van der Waals surface area contributed by atoms with Gasteiger partial charge in [0.1, 0.15) is 23.4 Å². The molecule has 10 atom stereocenters. The number of ether oxygens (including phenoxy) is 4. The van der Waals surface area contributed by atoms with Gasteiger partial charge in [0.05, 0.1) is 41.2 Å². The second kappa shape index (κ2) is 17.7. The van der Waals surface area contributed by atoms with Crippen LogP contribution < -0.4 is 10.1 Å². The molecule has 14 heteroatoms.